The SMILES string of the molecule is CC(C)(C)C1N(C2CC2)CC(c2ccccc2)N(C(=O)NCCCCc2ccccc2)C1(C)C.CC1(C)CNCC(=O)N1C(=O)O. The smallest absolute Gasteiger partial charge is 0.414 e. The van der Waals surface area contributed by atoms with Crippen LogP contribution in [-0.4, -0.2) is 87.2 Å². The maximum atomic E-state index is 13.8. The second-order valence-electron chi connectivity index (χ2n) is 15.2. The molecular formula is C37H55N5O4. The van der Waals surface area contributed by atoms with E-state index in [0.29, 0.717) is 25.2 Å². The van der Waals surface area contributed by atoms with Crippen molar-refractivity contribution in [3.63, 3.8) is 0 Å². The summed E-state index contributed by atoms with van der Waals surface area (Å²) in [6, 6.07) is 22.3. The molecular weight excluding hydrogens is 578 g/mol. The number of imide groups is 1. The third-order valence-corrected chi connectivity index (χ3v) is 9.45. The summed E-state index contributed by atoms with van der Waals surface area (Å²) in [5, 5.41) is 14.9. The number of carbonyl (C=O) groups excluding carboxylic acids is 2. The fraction of sp³-hybridized carbons (Fsp3) is 0.595. The van der Waals surface area contributed by atoms with Crippen LogP contribution >= 0.6 is 0 Å². The van der Waals surface area contributed by atoms with Crippen LogP contribution in [0.15, 0.2) is 60.7 Å². The summed E-state index contributed by atoms with van der Waals surface area (Å²) in [5.41, 5.74) is 1.73. The van der Waals surface area contributed by atoms with E-state index in [4.69, 9.17) is 5.11 Å². The van der Waals surface area contributed by atoms with Gasteiger partial charge in [-0.15, -0.1) is 0 Å². The summed E-state index contributed by atoms with van der Waals surface area (Å²) in [7, 11) is 0. The molecule has 9 nitrogen and oxygen atoms in total. The second-order valence-corrected chi connectivity index (χ2v) is 15.2. The molecule has 2 atom stereocenters. The van der Waals surface area contributed by atoms with Crippen LogP contribution in [0.1, 0.15) is 91.3 Å². The summed E-state index contributed by atoms with van der Waals surface area (Å²) < 4.78 is 0. The Balaban J connectivity index is 0.000000337. The Bertz CT molecular complexity index is 1320. The number of hydrogen-bond donors (Lipinski definition) is 3. The highest BCUT2D eigenvalue weighted by Crippen LogP contribution is 2.48. The zero-order valence-electron chi connectivity index (χ0n) is 28.9. The largest absolute Gasteiger partial charge is 0.465 e. The van der Waals surface area contributed by atoms with Crippen LogP contribution < -0.4 is 10.6 Å². The van der Waals surface area contributed by atoms with Crippen LogP contribution in [0.4, 0.5) is 9.59 Å². The van der Waals surface area contributed by atoms with Crippen LogP contribution in [0.5, 0.6) is 0 Å². The third-order valence-electron chi connectivity index (χ3n) is 9.45. The number of unbranched alkanes of at least 4 members (excludes halogenated alkanes) is 1. The van der Waals surface area contributed by atoms with E-state index in [-0.39, 0.29) is 29.6 Å². The molecule has 2 saturated heterocycles. The van der Waals surface area contributed by atoms with Gasteiger partial charge in [0.2, 0.25) is 5.91 Å². The Labute approximate surface area is 275 Å². The zero-order chi connectivity index (χ0) is 33.7. The van der Waals surface area contributed by atoms with E-state index in [9.17, 15) is 14.4 Å². The van der Waals surface area contributed by atoms with Gasteiger partial charge in [-0.05, 0) is 76.3 Å². The predicted octanol–water partition coefficient (Wildman–Crippen LogP) is 6.31. The maximum absolute atomic E-state index is 13.8. The minimum Gasteiger partial charge on any atom is -0.465 e. The number of nitrogens with zero attached hydrogens (tertiary/aromatic N) is 3. The van der Waals surface area contributed by atoms with E-state index in [1.807, 2.05) is 0 Å². The molecule has 3 fully saturated rings. The summed E-state index contributed by atoms with van der Waals surface area (Å²) in [6.45, 7) is 17.2. The van der Waals surface area contributed by atoms with Gasteiger partial charge >= 0.3 is 12.1 Å². The summed E-state index contributed by atoms with van der Waals surface area (Å²) in [4.78, 5) is 41.4. The van der Waals surface area contributed by atoms with Crippen molar-refractivity contribution >= 4 is 18.0 Å². The Morgan fingerprint density at radius 3 is 2.09 bits per heavy atom. The van der Waals surface area contributed by atoms with Crippen molar-refractivity contribution in [1.82, 2.24) is 25.3 Å². The number of rotatable bonds is 7. The lowest BCUT2D eigenvalue weighted by molar-refractivity contribution is -0.135. The number of piperazine rings is 2. The topological polar surface area (TPSA) is 105 Å². The Kier molecular flexibility index (Phi) is 11.2. The molecule has 0 aromatic heterocycles. The quantitative estimate of drug-likeness (QED) is 0.309. The van der Waals surface area contributed by atoms with Crippen molar-refractivity contribution in [1.29, 1.82) is 0 Å². The summed E-state index contributed by atoms with van der Waals surface area (Å²) in [6.07, 6.45) is 4.50. The zero-order valence-corrected chi connectivity index (χ0v) is 28.9. The van der Waals surface area contributed by atoms with Crippen LogP contribution in [0.2, 0.25) is 0 Å². The molecule has 1 aliphatic carbocycles. The molecule has 3 N–H and O–H groups in total. The predicted molar refractivity (Wildman–Crippen MR) is 183 cm³/mol. The molecule has 2 aliphatic heterocycles. The summed E-state index contributed by atoms with van der Waals surface area (Å²) >= 11 is 0. The van der Waals surface area contributed by atoms with E-state index in [1.165, 1.54) is 24.0 Å². The normalized spacial score (nSPS) is 22.9. The highest BCUT2D eigenvalue weighted by Gasteiger charge is 2.56. The van der Waals surface area contributed by atoms with Gasteiger partial charge in [0, 0.05) is 31.7 Å². The molecule has 0 bridgehead atoms. The van der Waals surface area contributed by atoms with E-state index >= 15 is 0 Å². The van der Waals surface area contributed by atoms with Gasteiger partial charge in [-0.1, -0.05) is 81.4 Å². The molecule has 2 unspecified atom stereocenters. The minimum absolute atomic E-state index is 0.0553. The van der Waals surface area contributed by atoms with Gasteiger partial charge < -0.3 is 20.6 Å². The standard InChI is InChI=1S/C30H43N3O.C7H12N2O3/c1-29(2,3)27-30(4,5)33(28(34)31-21-13-12-16-23-14-8-6-9-15-23)26(22-32(27)25-19-20-25)24-17-10-7-11-18-24;1-7(2)4-8-3-5(10)9(7)6(11)12/h6-11,14-15,17-18,25-27H,12-13,16,19-22H2,1-5H3,(H,31,34);8H,3-4H2,1-2H3,(H,11,12). The first-order chi connectivity index (χ1) is 21.6. The second kappa shape index (κ2) is 14.6. The van der Waals surface area contributed by atoms with Crippen molar-refractivity contribution in [2.24, 2.45) is 5.41 Å². The number of amides is 4. The van der Waals surface area contributed by atoms with Gasteiger partial charge in [0.15, 0.2) is 0 Å². The number of nitrogens with one attached hydrogen (secondary N) is 2. The molecule has 9 heteroatoms. The van der Waals surface area contributed by atoms with Gasteiger partial charge in [0.1, 0.15) is 0 Å². The van der Waals surface area contributed by atoms with Gasteiger partial charge in [-0.25, -0.2) is 14.5 Å². The van der Waals surface area contributed by atoms with Crippen molar-refractivity contribution in [2.75, 3.05) is 26.2 Å². The number of aryl methyl sites for hydroxylation is 1. The van der Waals surface area contributed by atoms with Crippen molar-refractivity contribution in [3.8, 4) is 0 Å². The fourth-order valence-corrected chi connectivity index (χ4v) is 7.70. The number of benzene rings is 2. The monoisotopic (exact) mass is 633 g/mol. The fourth-order valence-electron chi connectivity index (χ4n) is 7.70. The summed E-state index contributed by atoms with van der Waals surface area (Å²) in [5.74, 6) is -0.390. The molecule has 1 saturated carbocycles. The Morgan fingerprint density at radius 1 is 0.957 bits per heavy atom. The average molecular weight is 634 g/mol. The molecule has 2 heterocycles. The number of hydrogen-bond acceptors (Lipinski definition) is 5. The van der Waals surface area contributed by atoms with Gasteiger partial charge in [-0.2, -0.15) is 0 Å². The number of carbonyl (C=O) groups is 3. The van der Waals surface area contributed by atoms with Gasteiger partial charge in [0.25, 0.3) is 0 Å². The Morgan fingerprint density at radius 2 is 1.57 bits per heavy atom. The first-order valence-electron chi connectivity index (χ1n) is 16.8. The lowest BCUT2D eigenvalue weighted by Crippen LogP contribution is -2.72. The third kappa shape index (κ3) is 8.48. The first kappa shape index (κ1) is 35.4. The number of carboxylic acid groups (broad SMARTS) is 1. The molecule has 46 heavy (non-hydrogen) atoms. The molecule has 252 valence electrons. The average Bonchev–Trinajstić information content (AvgIpc) is 3.81. The van der Waals surface area contributed by atoms with Crippen LogP contribution in [0.3, 0.4) is 0 Å². The minimum atomic E-state index is -1.17. The van der Waals surface area contributed by atoms with E-state index in [0.717, 1.165) is 30.7 Å². The molecule has 4 amide bonds. The van der Waals surface area contributed by atoms with E-state index in [1.54, 1.807) is 13.8 Å². The Hall–Kier alpha value is -3.43. The van der Waals surface area contributed by atoms with Crippen LogP contribution in [0.25, 0.3) is 0 Å². The van der Waals surface area contributed by atoms with E-state index < -0.39 is 17.5 Å². The van der Waals surface area contributed by atoms with E-state index in [2.05, 4.69) is 116 Å². The van der Waals surface area contributed by atoms with Crippen molar-refractivity contribution in [3.05, 3.63) is 71.8 Å². The molecule has 0 spiro atoms. The molecule has 2 aromatic carbocycles. The molecule has 3 aliphatic rings. The maximum Gasteiger partial charge on any atom is 0.414 e. The van der Waals surface area contributed by atoms with Crippen LogP contribution in [-0.2, 0) is 11.2 Å². The number of urea groups is 1. The van der Waals surface area contributed by atoms with Crippen molar-refractivity contribution < 1.29 is 19.5 Å². The molecule has 0 radical (unpaired) electrons. The molecule has 5 rings (SSSR count). The van der Waals surface area contributed by atoms with Gasteiger partial charge in [-0.3, -0.25) is 9.69 Å². The van der Waals surface area contributed by atoms with Crippen molar-refractivity contribution in [2.45, 2.75) is 110 Å². The molecule has 2 aromatic rings. The van der Waals surface area contributed by atoms with Crippen LogP contribution in [0, 0.1) is 5.41 Å². The van der Waals surface area contributed by atoms with Gasteiger partial charge in [0.05, 0.1) is 23.7 Å². The highest BCUT2D eigenvalue weighted by atomic mass is 16.4. The lowest BCUT2D eigenvalue weighted by atomic mass is 9.71. The first-order valence-corrected chi connectivity index (χ1v) is 16.8. The highest BCUT2D eigenvalue weighted by molar-refractivity contribution is 5.94. The lowest BCUT2D eigenvalue weighted by Gasteiger charge is -2.60.